The van der Waals surface area contributed by atoms with E-state index in [0.29, 0.717) is 17.1 Å². The Morgan fingerprint density at radius 1 is 1.42 bits per heavy atom. The normalized spacial score (nSPS) is 17.6. The predicted molar refractivity (Wildman–Crippen MR) is 73.2 cm³/mol. The monoisotopic (exact) mass is 284 g/mol. The highest BCUT2D eigenvalue weighted by molar-refractivity contribution is 6.30. The topological polar surface area (TPSA) is 75.4 Å². The first-order valence-electron chi connectivity index (χ1n) is 6.35. The van der Waals surface area contributed by atoms with Crippen molar-refractivity contribution in [3.05, 3.63) is 38.9 Å². The number of benzene rings is 1. The van der Waals surface area contributed by atoms with E-state index in [1.165, 1.54) is 12.1 Å². The Kier molecular flexibility index (Phi) is 4.39. The third-order valence-electron chi connectivity index (χ3n) is 3.76. The lowest BCUT2D eigenvalue weighted by atomic mass is 9.98. The van der Waals surface area contributed by atoms with E-state index in [2.05, 4.69) is 5.32 Å². The number of aliphatic hydroxyl groups is 1. The minimum absolute atomic E-state index is 0.0569. The molecule has 0 spiro atoms. The molecule has 1 aliphatic rings. The van der Waals surface area contributed by atoms with E-state index in [0.717, 1.165) is 25.7 Å². The zero-order valence-electron chi connectivity index (χ0n) is 10.6. The molecule has 6 heteroatoms. The number of nitro groups is 1. The summed E-state index contributed by atoms with van der Waals surface area (Å²) in [6.07, 6.45) is 3.95. The first kappa shape index (κ1) is 14.2. The van der Waals surface area contributed by atoms with Crippen molar-refractivity contribution in [2.75, 3.05) is 6.61 Å². The van der Waals surface area contributed by atoms with Gasteiger partial charge in [0.2, 0.25) is 0 Å². The Balaban J connectivity index is 2.14. The van der Waals surface area contributed by atoms with Crippen LogP contribution in [0.5, 0.6) is 0 Å². The molecule has 0 atom stereocenters. The molecule has 0 aliphatic heterocycles. The van der Waals surface area contributed by atoms with Crippen molar-refractivity contribution in [1.82, 2.24) is 5.32 Å². The summed E-state index contributed by atoms with van der Waals surface area (Å²) in [5.41, 5.74) is 0.316. The number of hydrogen-bond acceptors (Lipinski definition) is 4. The summed E-state index contributed by atoms with van der Waals surface area (Å²) in [6.45, 7) is 0.402. The fraction of sp³-hybridized carbons (Fsp3) is 0.538. The Hall–Kier alpha value is -1.17. The second-order valence-corrected chi connectivity index (χ2v) is 5.47. The molecule has 0 saturated heterocycles. The minimum atomic E-state index is -0.409. The number of rotatable bonds is 5. The molecule has 0 amide bonds. The molecule has 1 fully saturated rings. The molecule has 2 N–H and O–H groups in total. The van der Waals surface area contributed by atoms with E-state index in [1.807, 2.05) is 0 Å². The van der Waals surface area contributed by atoms with Crippen molar-refractivity contribution in [3.63, 3.8) is 0 Å². The summed E-state index contributed by atoms with van der Waals surface area (Å²) in [7, 11) is 0. The zero-order chi connectivity index (χ0) is 13.9. The molecule has 5 nitrogen and oxygen atoms in total. The highest BCUT2D eigenvalue weighted by Gasteiger charge is 2.33. The van der Waals surface area contributed by atoms with Crippen LogP contribution in [0.25, 0.3) is 0 Å². The maximum Gasteiger partial charge on any atom is 0.273 e. The zero-order valence-corrected chi connectivity index (χ0v) is 11.3. The molecule has 1 aromatic rings. The smallest absolute Gasteiger partial charge is 0.273 e. The molecule has 2 rings (SSSR count). The number of halogens is 1. The van der Waals surface area contributed by atoms with Crippen LogP contribution >= 0.6 is 11.6 Å². The quantitative estimate of drug-likeness (QED) is 0.644. The molecule has 19 heavy (non-hydrogen) atoms. The van der Waals surface area contributed by atoms with Gasteiger partial charge in [0.1, 0.15) is 0 Å². The molecule has 0 unspecified atom stereocenters. The second-order valence-electron chi connectivity index (χ2n) is 5.03. The SMILES string of the molecule is O=[N+]([O-])c1ccc(Cl)cc1CNC1(CO)CCCC1. The van der Waals surface area contributed by atoms with Gasteiger partial charge < -0.3 is 10.4 Å². The Morgan fingerprint density at radius 3 is 2.68 bits per heavy atom. The highest BCUT2D eigenvalue weighted by atomic mass is 35.5. The second kappa shape index (κ2) is 5.86. The van der Waals surface area contributed by atoms with Crippen molar-refractivity contribution < 1.29 is 10.0 Å². The fourth-order valence-corrected chi connectivity index (χ4v) is 2.79. The number of nitrogens with zero attached hydrogens (tertiary/aromatic N) is 1. The van der Waals surface area contributed by atoms with E-state index in [-0.39, 0.29) is 17.8 Å². The van der Waals surface area contributed by atoms with Gasteiger partial charge in [0, 0.05) is 28.7 Å². The summed E-state index contributed by atoms with van der Waals surface area (Å²) in [4.78, 5) is 10.6. The van der Waals surface area contributed by atoms with E-state index in [9.17, 15) is 15.2 Å². The van der Waals surface area contributed by atoms with Crippen molar-refractivity contribution in [2.24, 2.45) is 0 Å². The van der Waals surface area contributed by atoms with Gasteiger partial charge in [-0.1, -0.05) is 24.4 Å². The van der Waals surface area contributed by atoms with Gasteiger partial charge in [-0.2, -0.15) is 0 Å². The largest absolute Gasteiger partial charge is 0.394 e. The van der Waals surface area contributed by atoms with E-state index in [4.69, 9.17) is 11.6 Å². The van der Waals surface area contributed by atoms with Gasteiger partial charge in [-0.05, 0) is 25.0 Å². The van der Waals surface area contributed by atoms with Crippen LogP contribution in [-0.2, 0) is 6.54 Å². The van der Waals surface area contributed by atoms with Crippen LogP contribution in [0, 0.1) is 10.1 Å². The van der Waals surface area contributed by atoms with Gasteiger partial charge in [0.25, 0.3) is 5.69 Å². The number of aliphatic hydroxyl groups excluding tert-OH is 1. The number of hydrogen-bond donors (Lipinski definition) is 2. The number of nitro benzene ring substituents is 1. The summed E-state index contributed by atoms with van der Waals surface area (Å²) in [5.74, 6) is 0. The molecule has 1 aromatic carbocycles. The Labute approximate surface area is 116 Å². The first-order chi connectivity index (χ1) is 9.06. The van der Waals surface area contributed by atoms with Gasteiger partial charge in [-0.15, -0.1) is 0 Å². The van der Waals surface area contributed by atoms with Gasteiger partial charge in [-0.25, -0.2) is 0 Å². The van der Waals surface area contributed by atoms with Crippen molar-refractivity contribution in [2.45, 2.75) is 37.8 Å². The summed E-state index contributed by atoms with van der Waals surface area (Å²) < 4.78 is 0. The standard InChI is InChI=1S/C13H17ClN2O3/c14-11-3-4-12(16(18)19)10(7-11)8-15-13(9-17)5-1-2-6-13/h3-4,7,15,17H,1-2,5-6,8-9H2. The van der Waals surface area contributed by atoms with Gasteiger partial charge in [-0.3, -0.25) is 10.1 Å². The van der Waals surface area contributed by atoms with Gasteiger partial charge >= 0.3 is 0 Å². The Bertz CT molecular complexity index is 473. The molecule has 0 aromatic heterocycles. The minimum Gasteiger partial charge on any atom is -0.394 e. The van der Waals surface area contributed by atoms with Crippen molar-refractivity contribution in [1.29, 1.82) is 0 Å². The third kappa shape index (κ3) is 3.23. The van der Waals surface area contributed by atoms with E-state index in [1.54, 1.807) is 6.07 Å². The summed E-state index contributed by atoms with van der Waals surface area (Å²) in [6, 6.07) is 4.53. The Morgan fingerprint density at radius 2 is 2.11 bits per heavy atom. The van der Waals surface area contributed by atoms with Crippen LogP contribution in [0.3, 0.4) is 0 Å². The predicted octanol–water partition coefficient (Wildman–Crippen LogP) is 2.64. The molecular formula is C13H17ClN2O3. The third-order valence-corrected chi connectivity index (χ3v) is 3.99. The van der Waals surface area contributed by atoms with Crippen LogP contribution in [0.2, 0.25) is 5.02 Å². The average molecular weight is 285 g/mol. The first-order valence-corrected chi connectivity index (χ1v) is 6.73. The van der Waals surface area contributed by atoms with Crippen LogP contribution < -0.4 is 5.32 Å². The lowest BCUT2D eigenvalue weighted by Gasteiger charge is -2.28. The van der Waals surface area contributed by atoms with Crippen LogP contribution in [-0.4, -0.2) is 22.2 Å². The van der Waals surface area contributed by atoms with Crippen molar-refractivity contribution in [3.8, 4) is 0 Å². The maximum atomic E-state index is 11.0. The average Bonchev–Trinajstić information content (AvgIpc) is 2.85. The lowest BCUT2D eigenvalue weighted by Crippen LogP contribution is -2.45. The molecular weight excluding hydrogens is 268 g/mol. The highest BCUT2D eigenvalue weighted by Crippen LogP contribution is 2.30. The van der Waals surface area contributed by atoms with Crippen LogP contribution in [0.4, 0.5) is 5.69 Å². The van der Waals surface area contributed by atoms with Crippen molar-refractivity contribution >= 4 is 17.3 Å². The molecule has 0 heterocycles. The molecule has 104 valence electrons. The molecule has 1 aliphatic carbocycles. The fourth-order valence-electron chi connectivity index (χ4n) is 2.60. The van der Waals surface area contributed by atoms with E-state index < -0.39 is 4.92 Å². The van der Waals surface area contributed by atoms with Gasteiger partial charge in [0.15, 0.2) is 0 Å². The van der Waals surface area contributed by atoms with Crippen LogP contribution in [0.1, 0.15) is 31.2 Å². The van der Waals surface area contributed by atoms with Gasteiger partial charge in [0.05, 0.1) is 11.5 Å². The van der Waals surface area contributed by atoms with E-state index >= 15 is 0 Å². The summed E-state index contributed by atoms with van der Waals surface area (Å²) >= 11 is 5.89. The summed E-state index contributed by atoms with van der Waals surface area (Å²) in [5, 5.41) is 24.2. The van der Waals surface area contributed by atoms with Crippen LogP contribution in [0.15, 0.2) is 18.2 Å². The molecule has 0 radical (unpaired) electrons. The molecule has 0 bridgehead atoms. The molecule has 1 saturated carbocycles. The maximum absolute atomic E-state index is 11.0. The number of nitrogens with one attached hydrogen (secondary N) is 1. The lowest BCUT2D eigenvalue weighted by molar-refractivity contribution is -0.385.